The molecule has 2 heterocycles. The molecule has 2 bridgehead atoms. The monoisotopic (exact) mass is 114 g/mol. The first-order valence-corrected chi connectivity index (χ1v) is 3.07. The molecule has 8 heavy (non-hydrogen) atoms. The normalized spacial score (nSPS) is 51.4. The molecule has 0 amide bonds. The van der Waals surface area contributed by atoms with E-state index in [4.69, 9.17) is 9.84 Å². The number of aliphatic hydroxyl groups excluding tert-OH is 1. The van der Waals surface area contributed by atoms with Crippen LogP contribution >= 0.6 is 0 Å². The van der Waals surface area contributed by atoms with Crippen molar-refractivity contribution in [2.75, 3.05) is 13.2 Å². The molecule has 2 saturated heterocycles. The number of hydrogen-bond acceptors (Lipinski definition) is 2. The van der Waals surface area contributed by atoms with Crippen LogP contribution < -0.4 is 0 Å². The Bertz CT molecular complexity index is 99.6. The van der Waals surface area contributed by atoms with Crippen LogP contribution in [0.3, 0.4) is 0 Å². The molecular formula is C6H10O2. The second-order valence-electron chi connectivity index (χ2n) is 3.00. The first kappa shape index (κ1) is 4.77. The van der Waals surface area contributed by atoms with Crippen molar-refractivity contribution < 1.29 is 9.84 Å². The number of ether oxygens (including phenoxy) is 1. The van der Waals surface area contributed by atoms with Crippen LogP contribution in [0.2, 0.25) is 0 Å². The van der Waals surface area contributed by atoms with Gasteiger partial charge >= 0.3 is 0 Å². The Kier molecular flexibility index (Phi) is 0.746. The number of rotatable bonds is 1. The molecule has 0 aromatic rings. The fourth-order valence-corrected chi connectivity index (χ4v) is 1.61. The van der Waals surface area contributed by atoms with E-state index in [9.17, 15) is 0 Å². The van der Waals surface area contributed by atoms with E-state index in [0.717, 1.165) is 19.4 Å². The van der Waals surface area contributed by atoms with Crippen LogP contribution in [0.4, 0.5) is 0 Å². The van der Waals surface area contributed by atoms with Crippen LogP contribution in [0, 0.1) is 5.41 Å². The van der Waals surface area contributed by atoms with Crippen LogP contribution in [-0.4, -0.2) is 24.4 Å². The second kappa shape index (κ2) is 1.25. The Balaban J connectivity index is 2.09. The Hall–Kier alpha value is -0.0800. The van der Waals surface area contributed by atoms with Gasteiger partial charge in [-0.3, -0.25) is 0 Å². The molecule has 0 atom stereocenters. The van der Waals surface area contributed by atoms with Gasteiger partial charge < -0.3 is 9.84 Å². The van der Waals surface area contributed by atoms with Gasteiger partial charge in [0.05, 0.1) is 19.3 Å². The van der Waals surface area contributed by atoms with Crippen molar-refractivity contribution in [3.63, 3.8) is 0 Å². The van der Waals surface area contributed by atoms with E-state index in [-0.39, 0.29) is 5.41 Å². The minimum Gasteiger partial charge on any atom is -0.396 e. The molecule has 2 nitrogen and oxygen atoms in total. The third-order valence-electron chi connectivity index (χ3n) is 2.28. The fraction of sp³-hybridized carbons (Fsp3) is 1.00. The zero-order chi connectivity index (χ0) is 5.61. The molecule has 1 N–H and O–H groups in total. The molecule has 2 heteroatoms. The topological polar surface area (TPSA) is 29.5 Å². The molecule has 0 unspecified atom stereocenters. The van der Waals surface area contributed by atoms with Crippen molar-refractivity contribution in [2.24, 2.45) is 5.41 Å². The van der Waals surface area contributed by atoms with E-state index in [2.05, 4.69) is 0 Å². The van der Waals surface area contributed by atoms with E-state index in [0.29, 0.717) is 12.7 Å². The Morgan fingerprint density at radius 3 is 2.62 bits per heavy atom. The first-order valence-electron chi connectivity index (χ1n) is 3.07. The van der Waals surface area contributed by atoms with E-state index >= 15 is 0 Å². The van der Waals surface area contributed by atoms with Crippen molar-refractivity contribution in [1.29, 1.82) is 0 Å². The molecule has 0 aromatic heterocycles. The predicted octanol–water partition coefficient (Wildman–Crippen LogP) is 0.158. The average molecular weight is 114 g/mol. The summed E-state index contributed by atoms with van der Waals surface area (Å²) in [7, 11) is 0. The van der Waals surface area contributed by atoms with Crippen LogP contribution in [0.5, 0.6) is 0 Å². The van der Waals surface area contributed by atoms with Gasteiger partial charge in [-0.15, -0.1) is 0 Å². The van der Waals surface area contributed by atoms with Gasteiger partial charge in [0.25, 0.3) is 0 Å². The van der Waals surface area contributed by atoms with E-state index in [1.165, 1.54) is 0 Å². The van der Waals surface area contributed by atoms with Crippen LogP contribution in [0.1, 0.15) is 12.8 Å². The molecular weight excluding hydrogens is 104 g/mol. The smallest absolute Gasteiger partial charge is 0.0589 e. The Morgan fingerprint density at radius 1 is 1.62 bits per heavy atom. The van der Waals surface area contributed by atoms with Gasteiger partial charge in [-0.2, -0.15) is 0 Å². The van der Waals surface area contributed by atoms with Crippen LogP contribution in [0.15, 0.2) is 0 Å². The van der Waals surface area contributed by atoms with E-state index < -0.39 is 0 Å². The summed E-state index contributed by atoms with van der Waals surface area (Å²) < 4.78 is 5.26. The van der Waals surface area contributed by atoms with Crippen molar-refractivity contribution in [1.82, 2.24) is 0 Å². The molecule has 2 aliphatic heterocycles. The molecule has 0 aromatic carbocycles. The second-order valence-corrected chi connectivity index (χ2v) is 3.00. The van der Waals surface area contributed by atoms with Gasteiger partial charge in [0, 0.05) is 5.41 Å². The lowest BCUT2D eigenvalue weighted by Crippen LogP contribution is -2.35. The maximum Gasteiger partial charge on any atom is 0.0589 e. The number of hydrogen-bond donors (Lipinski definition) is 1. The molecule has 46 valence electrons. The molecule has 3 rings (SSSR count). The summed E-state index contributed by atoms with van der Waals surface area (Å²) in [5.41, 5.74) is 0.213. The summed E-state index contributed by atoms with van der Waals surface area (Å²) in [5, 5.41) is 8.78. The summed E-state index contributed by atoms with van der Waals surface area (Å²) in [6.45, 7) is 1.12. The lowest BCUT2D eigenvalue weighted by molar-refractivity contribution is 0.0725. The molecule has 3 fully saturated rings. The Morgan fingerprint density at radius 2 is 2.38 bits per heavy atom. The lowest BCUT2D eigenvalue weighted by atomic mass is 9.71. The standard InChI is InChI=1S/C6H10O2/c7-3-6-1-5(2-6)8-4-6/h5,7H,1-4H2. The summed E-state index contributed by atoms with van der Waals surface area (Å²) in [5.74, 6) is 0. The molecule has 1 aliphatic carbocycles. The summed E-state index contributed by atoms with van der Waals surface area (Å²) in [6, 6.07) is 0. The minimum absolute atomic E-state index is 0.213. The van der Waals surface area contributed by atoms with Crippen molar-refractivity contribution in [3.05, 3.63) is 0 Å². The third kappa shape index (κ3) is 0.400. The third-order valence-corrected chi connectivity index (χ3v) is 2.28. The maximum atomic E-state index is 8.78. The van der Waals surface area contributed by atoms with Crippen LogP contribution in [-0.2, 0) is 4.74 Å². The largest absolute Gasteiger partial charge is 0.396 e. The molecule has 1 saturated carbocycles. The highest BCUT2D eigenvalue weighted by Gasteiger charge is 2.51. The van der Waals surface area contributed by atoms with E-state index in [1.54, 1.807) is 0 Å². The van der Waals surface area contributed by atoms with Gasteiger partial charge in [-0.1, -0.05) is 0 Å². The SMILES string of the molecule is OCC12COC(C1)C2. The number of fused-ring (bicyclic) bond motifs is 1. The zero-order valence-corrected chi connectivity index (χ0v) is 4.76. The van der Waals surface area contributed by atoms with Crippen molar-refractivity contribution in [3.8, 4) is 0 Å². The first-order chi connectivity index (χ1) is 3.85. The highest BCUT2D eigenvalue weighted by atomic mass is 16.5. The van der Waals surface area contributed by atoms with E-state index in [1.807, 2.05) is 0 Å². The van der Waals surface area contributed by atoms with Gasteiger partial charge in [-0.25, -0.2) is 0 Å². The highest BCUT2D eigenvalue weighted by molar-refractivity contribution is 4.99. The molecule has 3 aliphatic rings. The van der Waals surface area contributed by atoms with Crippen molar-refractivity contribution in [2.45, 2.75) is 18.9 Å². The maximum absolute atomic E-state index is 8.78. The Labute approximate surface area is 48.5 Å². The van der Waals surface area contributed by atoms with Gasteiger partial charge in [-0.05, 0) is 12.8 Å². The zero-order valence-electron chi connectivity index (χ0n) is 4.76. The summed E-state index contributed by atoms with van der Waals surface area (Å²) in [6.07, 6.45) is 2.70. The highest BCUT2D eigenvalue weighted by Crippen LogP contribution is 2.49. The predicted molar refractivity (Wildman–Crippen MR) is 28.5 cm³/mol. The van der Waals surface area contributed by atoms with Gasteiger partial charge in [0.1, 0.15) is 0 Å². The van der Waals surface area contributed by atoms with Crippen molar-refractivity contribution >= 4 is 0 Å². The summed E-state index contributed by atoms with van der Waals surface area (Å²) in [4.78, 5) is 0. The summed E-state index contributed by atoms with van der Waals surface area (Å²) >= 11 is 0. The van der Waals surface area contributed by atoms with Crippen LogP contribution in [0.25, 0.3) is 0 Å². The van der Waals surface area contributed by atoms with Gasteiger partial charge in [0.2, 0.25) is 0 Å². The molecule has 0 radical (unpaired) electrons. The number of aliphatic hydroxyl groups is 1. The lowest BCUT2D eigenvalue weighted by Gasteiger charge is -2.32. The van der Waals surface area contributed by atoms with Gasteiger partial charge in [0.15, 0.2) is 0 Å². The molecule has 0 spiro atoms. The minimum atomic E-state index is 0.213. The quantitative estimate of drug-likeness (QED) is 0.526. The fourth-order valence-electron chi connectivity index (χ4n) is 1.61. The average Bonchev–Trinajstić information content (AvgIpc) is 2.17.